The largest absolute Gasteiger partial charge is 0.440 e. The lowest BCUT2D eigenvalue weighted by Gasteiger charge is -2.24. The standard InChI is InChI=1S/C4H12Br2OSi2/c1-8(2,5)7-9(3,4)6/h1-4H3. The molecule has 0 radical (unpaired) electrons. The van der Waals surface area contributed by atoms with E-state index < -0.39 is 13.9 Å². The lowest BCUT2D eigenvalue weighted by molar-refractivity contribution is 0.596. The summed E-state index contributed by atoms with van der Waals surface area (Å²) in [6.07, 6.45) is 0. The quantitative estimate of drug-likeness (QED) is 0.561. The zero-order valence-corrected chi connectivity index (χ0v) is 11.3. The Morgan fingerprint density at radius 2 is 1.11 bits per heavy atom. The van der Waals surface area contributed by atoms with Crippen LogP contribution in [0.2, 0.25) is 26.2 Å². The van der Waals surface area contributed by atoms with E-state index in [4.69, 9.17) is 4.12 Å². The summed E-state index contributed by atoms with van der Waals surface area (Å²) < 4.78 is 5.74. The molecule has 0 atom stereocenters. The second-order valence-electron chi connectivity index (χ2n) is 2.83. The molecule has 9 heavy (non-hydrogen) atoms. The summed E-state index contributed by atoms with van der Waals surface area (Å²) in [4.78, 5) is 0. The normalized spacial score (nSPS) is 14.0. The smallest absolute Gasteiger partial charge is 0.247 e. The fourth-order valence-electron chi connectivity index (χ4n) is 0.577. The van der Waals surface area contributed by atoms with Crippen LogP contribution < -0.4 is 0 Å². The maximum Gasteiger partial charge on any atom is 0.247 e. The predicted molar refractivity (Wildman–Crippen MR) is 53.9 cm³/mol. The van der Waals surface area contributed by atoms with Crippen molar-refractivity contribution in [1.82, 2.24) is 0 Å². The van der Waals surface area contributed by atoms with Crippen LogP contribution in [0.25, 0.3) is 0 Å². The van der Waals surface area contributed by atoms with E-state index in [-0.39, 0.29) is 0 Å². The molecule has 0 saturated carbocycles. The first-order valence-electron chi connectivity index (χ1n) is 2.79. The third kappa shape index (κ3) is 9.35. The molecule has 0 heterocycles. The van der Waals surface area contributed by atoms with Gasteiger partial charge in [0, 0.05) is 0 Å². The molecule has 5 heteroatoms. The first-order valence-corrected chi connectivity index (χ1v) is 13.1. The van der Waals surface area contributed by atoms with Crippen LogP contribution in [0.3, 0.4) is 0 Å². The third-order valence-electron chi connectivity index (χ3n) is 0.485. The van der Waals surface area contributed by atoms with Gasteiger partial charge in [-0.2, -0.15) is 0 Å². The molecular formula is C4H12Br2OSi2. The van der Waals surface area contributed by atoms with Gasteiger partial charge in [0.05, 0.1) is 0 Å². The van der Waals surface area contributed by atoms with E-state index in [1.807, 2.05) is 0 Å². The van der Waals surface area contributed by atoms with Crippen LogP contribution in [-0.4, -0.2) is 13.9 Å². The van der Waals surface area contributed by atoms with Gasteiger partial charge in [0.1, 0.15) is 0 Å². The van der Waals surface area contributed by atoms with E-state index >= 15 is 0 Å². The molecule has 0 unspecified atom stereocenters. The number of hydrogen-bond acceptors (Lipinski definition) is 1. The molecular weight excluding hydrogens is 280 g/mol. The van der Waals surface area contributed by atoms with Crippen LogP contribution >= 0.6 is 30.6 Å². The van der Waals surface area contributed by atoms with Crippen molar-refractivity contribution in [2.45, 2.75) is 26.2 Å². The van der Waals surface area contributed by atoms with Gasteiger partial charge in [-0.05, 0) is 26.2 Å². The van der Waals surface area contributed by atoms with Crippen molar-refractivity contribution in [2.75, 3.05) is 0 Å². The molecule has 0 rings (SSSR count). The molecule has 0 fully saturated rings. The van der Waals surface area contributed by atoms with Gasteiger partial charge in [-0.1, -0.05) is 30.6 Å². The molecule has 0 bridgehead atoms. The molecule has 0 aliphatic carbocycles. The Kier molecular flexibility index (Phi) is 3.64. The maximum absolute atomic E-state index is 5.74. The summed E-state index contributed by atoms with van der Waals surface area (Å²) in [5.41, 5.74) is 0. The van der Waals surface area contributed by atoms with Crippen molar-refractivity contribution in [1.29, 1.82) is 0 Å². The van der Waals surface area contributed by atoms with Gasteiger partial charge in [-0.25, -0.2) is 0 Å². The molecule has 0 N–H and O–H groups in total. The SMILES string of the molecule is C[Si](C)(Br)O[Si](C)(C)Br. The molecule has 56 valence electrons. The van der Waals surface area contributed by atoms with Crippen molar-refractivity contribution in [3.8, 4) is 0 Å². The second kappa shape index (κ2) is 3.17. The topological polar surface area (TPSA) is 9.23 Å². The third-order valence-corrected chi connectivity index (χ3v) is 7.28. The highest BCUT2D eigenvalue weighted by atomic mass is 79.9. The molecule has 0 saturated heterocycles. The molecule has 0 aliphatic heterocycles. The molecule has 0 aliphatic rings. The number of halogens is 2. The molecule has 1 nitrogen and oxygen atoms in total. The van der Waals surface area contributed by atoms with E-state index in [1.54, 1.807) is 0 Å². The van der Waals surface area contributed by atoms with Crippen LogP contribution in [0.15, 0.2) is 0 Å². The lowest BCUT2D eigenvalue weighted by Crippen LogP contribution is -2.35. The Hall–Kier alpha value is 1.35. The Labute approximate surface area is 74.6 Å². The Morgan fingerprint density at radius 1 is 0.889 bits per heavy atom. The zero-order valence-electron chi connectivity index (χ0n) is 6.16. The summed E-state index contributed by atoms with van der Waals surface area (Å²) in [5, 5.41) is 0. The number of hydrogen-bond donors (Lipinski definition) is 0. The highest BCUT2D eigenvalue weighted by Crippen LogP contribution is 2.22. The van der Waals surface area contributed by atoms with Gasteiger partial charge in [-0.15, -0.1) is 0 Å². The summed E-state index contributed by atoms with van der Waals surface area (Å²) in [6, 6.07) is 0. The van der Waals surface area contributed by atoms with E-state index in [1.165, 1.54) is 0 Å². The van der Waals surface area contributed by atoms with E-state index in [0.29, 0.717) is 0 Å². The van der Waals surface area contributed by atoms with Gasteiger partial charge < -0.3 is 4.12 Å². The van der Waals surface area contributed by atoms with E-state index in [9.17, 15) is 0 Å². The van der Waals surface area contributed by atoms with Gasteiger partial charge in [0.25, 0.3) is 0 Å². The van der Waals surface area contributed by atoms with Gasteiger partial charge >= 0.3 is 0 Å². The molecule has 0 spiro atoms. The first-order chi connectivity index (χ1) is 3.71. The highest BCUT2D eigenvalue weighted by molar-refractivity contribution is 9.27. The lowest BCUT2D eigenvalue weighted by atomic mass is 11.9. The van der Waals surface area contributed by atoms with Gasteiger partial charge in [-0.3, -0.25) is 0 Å². The monoisotopic (exact) mass is 290 g/mol. The van der Waals surface area contributed by atoms with Crippen molar-refractivity contribution in [2.24, 2.45) is 0 Å². The van der Waals surface area contributed by atoms with Crippen LogP contribution in [0.4, 0.5) is 0 Å². The first kappa shape index (κ1) is 10.4. The molecule has 0 amide bonds. The summed E-state index contributed by atoms with van der Waals surface area (Å²) in [5.74, 6) is 0. The summed E-state index contributed by atoms with van der Waals surface area (Å²) in [7, 11) is 0. The minimum absolute atomic E-state index is 1.47. The maximum atomic E-state index is 5.74. The van der Waals surface area contributed by atoms with Crippen LogP contribution in [0, 0.1) is 0 Å². The molecule has 0 aromatic carbocycles. The van der Waals surface area contributed by atoms with E-state index in [2.05, 4.69) is 56.8 Å². The zero-order chi connectivity index (χ0) is 7.71. The van der Waals surface area contributed by atoms with Crippen LogP contribution in [-0.2, 0) is 4.12 Å². The predicted octanol–water partition coefficient (Wildman–Crippen LogP) is 3.20. The minimum atomic E-state index is -1.47. The van der Waals surface area contributed by atoms with Crippen LogP contribution in [0.5, 0.6) is 0 Å². The fraction of sp³-hybridized carbons (Fsp3) is 1.00. The van der Waals surface area contributed by atoms with Crippen molar-refractivity contribution < 1.29 is 4.12 Å². The fourth-order valence-corrected chi connectivity index (χ4v) is 14.4. The second-order valence-corrected chi connectivity index (χ2v) is 20.6. The highest BCUT2D eigenvalue weighted by Gasteiger charge is 2.28. The van der Waals surface area contributed by atoms with Crippen LogP contribution in [0.1, 0.15) is 0 Å². The molecule has 0 aromatic rings. The van der Waals surface area contributed by atoms with Crippen molar-refractivity contribution in [3.05, 3.63) is 0 Å². The summed E-state index contributed by atoms with van der Waals surface area (Å²) in [6.45, 7) is 5.58. The minimum Gasteiger partial charge on any atom is -0.440 e. The Balaban J connectivity index is 3.75. The van der Waals surface area contributed by atoms with E-state index in [0.717, 1.165) is 0 Å². The molecule has 0 aromatic heterocycles. The van der Waals surface area contributed by atoms with Crippen molar-refractivity contribution in [3.63, 3.8) is 0 Å². The average Bonchev–Trinajstić information content (AvgIpc) is 1.14. The van der Waals surface area contributed by atoms with Gasteiger partial charge in [0.15, 0.2) is 0 Å². The van der Waals surface area contributed by atoms with Gasteiger partial charge in [0.2, 0.25) is 13.9 Å². The number of rotatable bonds is 2. The Bertz CT molecular complexity index is 81.7. The summed E-state index contributed by atoms with van der Waals surface area (Å²) >= 11 is 7.07. The Morgan fingerprint density at radius 3 is 1.11 bits per heavy atom. The average molecular weight is 292 g/mol. The van der Waals surface area contributed by atoms with Crippen molar-refractivity contribution >= 4 is 44.5 Å².